The van der Waals surface area contributed by atoms with Crippen LogP contribution in [0.5, 0.6) is 0 Å². The number of rotatable bonds is 5. The van der Waals surface area contributed by atoms with Gasteiger partial charge in [-0.05, 0) is 38.7 Å². The van der Waals surface area contributed by atoms with Crippen LogP contribution in [0, 0.1) is 0 Å². The topological polar surface area (TPSA) is 32.8 Å². The molecule has 1 aromatic rings. The van der Waals surface area contributed by atoms with Gasteiger partial charge in [0.15, 0.2) is 0 Å². The van der Waals surface area contributed by atoms with Crippen molar-refractivity contribution in [3.05, 3.63) is 35.9 Å². The molecule has 0 bridgehead atoms. The second kappa shape index (κ2) is 8.13. The monoisotopic (exact) mass is 330 g/mol. The van der Waals surface area contributed by atoms with Gasteiger partial charge in [0.05, 0.1) is 12.2 Å². The Labute approximate surface area is 145 Å². The number of aryl methyl sites for hydroxylation is 1. The molecule has 1 amide bonds. The van der Waals surface area contributed by atoms with Crippen LogP contribution < -0.4 is 0 Å². The standard InChI is InChI=1S/C20H30N2O2/c1-16-13-21(14-17(2)24-16)15-19-9-6-12-22(19)20(23)11-10-18-7-4-3-5-8-18/h3-5,7-8,16-17,19H,6,9-15H2,1-2H3/t16-,17+,19-/m0/s1. The third-order valence-corrected chi connectivity index (χ3v) is 5.13. The maximum Gasteiger partial charge on any atom is 0.223 e. The van der Waals surface area contributed by atoms with E-state index < -0.39 is 0 Å². The molecule has 0 aliphatic carbocycles. The number of nitrogens with zero attached hydrogens (tertiary/aromatic N) is 2. The van der Waals surface area contributed by atoms with E-state index in [2.05, 4.69) is 35.8 Å². The van der Waals surface area contributed by atoms with Crippen molar-refractivity contribution < 1.29 is 9.53 Å². The molecular weight excluding hydrogens is 300 g/mol. The summed E-state index contributed by atoms with van der Waals surface area (Å²) in [6, 6.07) is 10.7. The van der Waals surface area contributed by atoms with E-state index in [1.54, 1.807) is 0 Å². The van der Waals surface area contributed by atoms with Crippen LogP contribution in [0.25, 0.3) is 0 Å². The molecule has 2 heterocycles. The minimum absolute atomic E-state index is 0.289. The summed E-state index contributed by atoms with van der Waals surface area (Å²) in [6.07, 6.45) is 4.31. The fourth-order valence-electron chi connectivity index (χ4n) is 4.12. The van der Waals surface area contributed by atoms with Gasteiger partial charge in [0.25, 0.3) is 0 Å². The van der Waals surface area contributed by atoms with Gasteiger partial charge in [0.2, 0.25) is 5.91 Å². The molecule has 132 valence electrons. The number of benzene rings is 1. The van der Waals surface area contributed by atoms with Crippen LogP contribution >= 0.6 is 0 Å². The molecule has 0 unspecified atom stereocenters. The number of carbonyl (C=O) groups excluding carboxylic acids is 1. The average Bonchev–Trinajstić information content (AvgIpc) is 3.01. The number of likely N-dealkylation sites (tertiary alicyclic amines) is 1. The van der Waals surface area contributed by atoms with Crippen LogP contribution in [-0.4, -0.2) is 60.1 Å². The Balaban J connectivity index is 1.52. The van der Waals surface area contributed by atoms with Crippen LogP contribution in [0.4, 0.5) is 0 Å². The van der Waals surface area contributed by atoms with Crippen molar-refractivity contribution in [3.63, 3.8) is 0 Å². The first-order valence-corrected chi connectivity index (χ1v) is 9.33. The molecule has 3 atom stereocenters. The van der Waals surface area contributed by atoms with E-state index in [9.17, 15) is 4.79 Å². The van der Waals surface area contributed by atoms with E-state index in [-0.39, 0.29) is 12.2 Å². The van der Waals surface area contributed by atoms with E-state index in [1.807, 2.05) is 18.2 Å². The van der Waals surface area contributed by atoms with E-state index in [1.165, 1.54) is 5.56 Å². The molecule has 2 saturated heterocycles. The lowest BCUT2D eigenvalue weighted by molar-refractivity contribution is -0.133. The molecule has 3 rings (SSSR count). The lowest BCUT2D eigenvalue weighted by Crippen LogP contribution is -2.50. The molecule has 4 heteroatoms. The number of carbonyl (C=O) groups is 1. The third-order valence-electron chi connectivity index (χ3n) is 5.13. The van der Waals surface area contributed by atoms with Crippen molar-refractivity contribution in [2.75, 3.05) is 26.2 Å². The van der Waals surface area contributed by atoms with E-state index in [4.69, 9.17) is 4.74 Å². The maximum absolute atomic E-state index is 12.7. The van der Waals surface area contributed by atoms with Crippen LogP contribution in [0.15, 0.2) is 30.3 Å². The normalized spacial score (nSPS) is 28.2. The summed E-state index contributed by atoms with van der Waals surface area (Å²) < 4.78 is 5.82. The van der Waals surface area contributed by atoms with Gasteiger partial charge in [-0.25, -0.2) is 0 Å². The van der Waals surface area contributed by atoms with E-state index in [0.717, 1.165) is 45.4 Å². The van der Waals surface area contributed by atoms with Crippen molar-refractivity contribution >= 4 is 5.91 Å². The molecule has 0 radical (unpaired) electrons. The van der Waals surface area contributed by atoms with Crippen LogP contribution in [-0.2, 0) is 16.0 Å². The zero-order valence-corrected chi connectivity index (χ0v) is 15.0. The highest BCUT2D eigenvalue weighted by Crippen LogP contribution is 2.22. The Hall–Kier alpha value is -1.39. The van der Waals surface area contributed by atoms with E-state index >= 15 is 0 Å². The summed E-state index contributed by atoms with van der Waals surface area (Å²) in [5.74, 6) is 0.315. The van der Waals surface area contributed by atoms with Crippen molar-refractivity contribution in [1.82, 2.24) is 9.80 Å². The van der Waals surface area contributed by atoms with Gasteiger partial charge in [-0.2, -0.15) is 0 Å². The molecule has 4 nitrogen and oxygen atoms in total. The van der Waals surface area contributed by atoms with E-state index in [0.29, 0.717) is 18.4 Å². The SMILES string of the molecule is C[C@@H]1CN(C[C@@H]2CCCN2C(=O)CCc2ccccc2)C[C@H](C)O1. The first kappa shape index (κ1) is 17.4. The molecule has 2 aliphatic heterocycles. The van der Waals surface area contributed by atoms with Crippen LogP contribution in [0.3, 0.4) is 0 Å². The van der Waals surface area contributed by atoms with Gasteiger partial charge < -0.3 is 9.64 Å². The number of hydrogen-bond donors (Lipinski definition) is 0. The highest BCUT2D eigenvalue weighted by atomic mass is 16.5. The minimum atomic E-state index is 0.289. The summed E-state index contributed by atoms with van der Waals surface area (Å²) in [7, 11) is 0. The Morgan fingerprint density at radius 2 is 1.88 bits per heavy atom. The van der Waals surface area contributed by atoms with Gasteiger partial charge in [-0.15, -0.1) is 0 Å². The predicted octanol–water partition coefficient (Wildman–Crippen LogP) is 2.72. The first-order valence-electron chi connectivity index (χ1n) is 9.33. The van der Waals surface area contributed by atoms with Crippen LogP contribution in [0.2, 0.25) is 0 Å². The van der Waals surface area contributed by atoms with Crippen molar-refractivity contribution in [1.29, 1.82) is 0 Å². The Bertz CT molecular complexity index is 524. The molecule has 2 aliphatic rings. The molecule has 0 N–H and O–H groups in total. The smallest absolute Gasteiger partial charge is 0.223 e. The Morgan fingerprint density at radius 3 is 2.58 bits per heavy atom. The Morgan fingerprint density at radius 1 is 1.17 bits per heavy atom. The van der Waals surface area contributed by atoms with Crippen molar-refractivity contribution in [2.24, 2.45) is 0 Å². The molecule has 2 fully saturated rings. The molecule has 0 spiro atoms. The summed E-state index contributed by atoms with van der Waals surface area (Å²) in [6.45, 7) is 8.16. The second-order valence-corrected chi connectivity index (χ2v) is 7.34. The quantitative estimate of drug-likeness (QED) is 0.832. The third kappa shape index (κ3) is 4.58. The van der Waals surface area contributed by atoms with Crippen molar-refractivity contribution in [2.45, 2.75) is 57.8 Å². The van der Waals surface area contributed by atoms with Gasteiger partial charge in [-0.3, -0.25) is 9.69 Å². The van der Waals surface area contributed by atoms with Crippen molar-refractivity contribution in [3.8, 4) is 0 Å². The zero-order valence-electron chi connectivity index (χ0n) is 15.0. The summed E-state index contributed by atoms with van der Waals surface area (Å²) in [5, 5.41) is 0. The van der Waals surface area contributed by atoms with Gasteiger partial charge >= 0.3 is 0 Å². The number of amides is 1. The summed E-state index contributed by atoms with van der Waals surface area (Å²) >= 11 is 0. The Kier molecular flexibility index (Phi) is 5.90. The minimum Gasteiger partial charge on any atom is -0.373 e. The highest BCUT2D eigenvalue weighted by molar-refractivity contribution is 5.77. The number of morpholine rings is 1. The second-order valence-electron chi connectivity index (χ2n) is 7.34. The first-order chi connectivity index (χ1) is 11.6. The fraction of sp³-hybridized carbons (Fsp3) is 0.650. The van der Waals surface area contributed by atoms with Crippen LogP contribution in [0.1, 0.15) is 38.7 Å². The predicted molar refractivity (Wildman–Crippen MR) is 95.9 cm³/mol. The molecule has 24 heavy (non-hydrogen) atoms. The molecule has 0 aromatic heterocycles. The zero-order chi connectivity index (χ0) is 16.9. The van der Waals surface area contributed by atoms with Gasteiger partial charge in [-0.1, -0.05) is 30.3 Å². The van der Waals surface area contributed by atoms with Gasteiger partial charge in [0.1, 0.15) is 0 Å². The molecule has 0 saturated carbocycles. The largest absolute Gasteiger partial charge is 0.373 e. The highest BCUT2D eigenvalue weighted by Gasteiger charge is 2.32. The fourth-order valence-corrected chi connectivity index (χ4v) is 4.12. The summed E-state index contributed by atoms with van der Waals surface area (Å²) in [4.78, 5) is 17.3. The summed E-state index contributed by atoms with van der Waals surface area (Å²) in [5.41, 5.74) is 1.25. The maximum atomic E-state index is 12.7. The molecule has 1 aromatic carbocycles. The lowest BCUT2D eigenvalue weighted by atomic mass is 10.1. The number of ether oxygens (including phenoxy) is 1. The van der Waals surface area contributed by atoms with Gasteiger partial charge in [0, 0.05) is 38.6 Å². The number of hydrogen-bond acceptors (Lipinski definition) is 3. The molecular formula is C20H30N2O2. The lowest BCUT2D eigenvalue weighted by Gasteiger charge is -2.38. The average molecular weight is 330 g/mol.